The molecule has 0 aliphatic rings. The summed E-state index contributed by atoms with van der Waals surface area (Å²) < 4.78 is 80.4. The normalized spacial score (nSPS) is 13.4. The average Bonchev–Trinajstić information content (AvgIpc) is 2.74. The van der Waals surface area contributed by atoms with Crippen LogP contribution in [-0.4, -0.2) is 119 Å². The zero-order valence-electron chi connectivity index (χ0n) is 22.4. The molecule has 0 saturated carbocycles. The third-order valence-electron chi connectivity index (χ3n) is 6.21. The van der Waals surface area contributed by atoms with Crippen LogP contribution in [0.5, 0.6) is 0 Å². The van der Waals surface area contributed by atoms with Gasteiger partial charge in [0.25, 0.3) is 20.2 Å². The number of quaternary nitrogens is 1. The quantitative estimate of drug-likeness (QED) is 0.0717. The van der Waals surface area contributed by atoms with E-state index in [1.54, 1.807) is 0 Å². The molecule has 0 atom stereocenters. The molecule has 0 saturated heterocycles. The minimum absolute atomic E-state index is 0.0723. The van der Waals surface area contributed by atoms with E-state index in [-0.39, 0.29) is 17.3 Å². The Kier molecular flexibility index (Phi) is 18.0. The fourth-order valence-electron chi connectivity index (χ4n) is 3.87. The minimum atomic E-state index is -4.02. The van der Waals surface area contributed by atoms with Crippen LogP contribution in [0.15, 0.2) is 0 Å². The maximum absolute atomic E-state index is 11.1. The highest BCUT2D eigenvalue weighted by Crippen LogP contribution is 2.19. The second kappa shape index (κ2) is 18.1. The van der Waals surface area contributed by atoms with Crippen molar-refractivity contribution in [3.8, 4) is 0 Å². The molecule has 36 heavy (non-hydrogen) atoms. The molecule has 0 aliphatic heterocycles. The van der Waals surface area contributed by atoms with E-state index in [9.17, 15) is 21.6 Å². The van der Waals surface area contributed by atoms with E-state index in [0.717, 1.165) is 19.0 Å². The van der Waals surface area contributed by atoms with Crippen LogP contribution in [0.2, 0.25) is 19.1 Å². The molecule has 0 amide bonds. The Balaban J connectivity index is 5.15. The number of ketones is 1. The molecule has 0 spiro atoms. The number of carbonyl (C=O) groups excluding carboxylic acids is 1. The second-order valence-electron chi connectivity index (χ2n) is 9.97. The first-order valence-corrected chi connectivity index (χ1v) is 19.7. The summed E-state index contributed by atoms with van der Waals surface area (Å²) in [7, 11) is -9.07. The van der Waals surface area contributed by atoms with Crippen LogP contribution in [0.1, 0.15) is 45.4 Å². The van der Waals surface area contributed by atoms with Gasteiger partial charge < -0.3 is 18.1 Å². The van der Waals surface area contributed by atoms with Gasteiger partial charge in [-0.05, 0) is 58.2 Å². The first-order valence-electron chi connectivity index (χ1n) is 12.6. The standard InChI is InChI=1S/C21H47NO10S2Si2/c1-21(23)9-14-30-16-17-31-15-13-22(10-4-6-18-33(24,25)26,11-5-7-19-34(27,28)29)12-8-20-36(2,3)32-35/h4-20H2,1-3,35H3,(H-,24,25,26,27,28,29)/p+1. The molecule has 0 heterocycles. The Bertz CT molecular complexity index is 783. The molecular formula is C21H48NO10S2Si2+. The summed E-state index contributed by atoms with van der Waals surface area (Å²) >= 11 is 0. The SMILES string of the molecule is CC(=O)CCOCCOCC[N+](CCCCS(=O)(=O)O)(CCCCS(=O)(=O)O)CCC[Si](C)(C)O[SiH3]. The van der Waals surface area contributed by atoms with Crippen LogP contribution in [0, 0.1) is 0 Å². The van der Waals surface area contributed by atoms with Crippen LogP contribution < -0.4 is 0 Å². The number of carbonyl (C=O) groups is 1. The lowest BCUT2D eigenvalue weighted by atomic mass is 10.2. The molecule has 216 valence electrons. The van der Waals surface area contributed by atoms with Gasteiger partial charge in [0.1, 0.15) is 22.8 Å². The summed E-state index contributed by atoms with van der Waals surface area (Å²) in [4.78, 5) is 11.0. The van der Waals surface area contributed by atoms with Gasteiger partial charge in [0.05, 0.1) is 57.6 Å². The van der Waals surface area contributed by atoms with Gasteiger partial charge in [-0.1, -0.05) is 0 Å². The van der Waals surface area contributed by atoms with Crippen molar-refractivity contribution in [3.05, 3.63) is 0 Å². The van der Waals surface area contributed by atoms with Crippen LogP contribution in [0.3, 0.4) is 0 Å². The fourth-order valence-corrected chi connectivity index (χ4v) is 6.84. The van der Waals surface area contributed by atoms with E-state index in [4.69, 9.17) is 22.7 Å². The van der Waals surface area contributed by atoms with Crippen molar-refractivity contribution in [1.82, 2.24) is 0 Å². The van der Waals surface area contributed by atoms with Crippen molar-refractivity contribution < 1.29 is 48.8 Å². The molecule has 2 N–H and O–H groups in total. The Morgan fingerprint density at radius 2 is 1.25 bits per heavy atom. The number of rotatable bonds is 24. The van der Waals surface area contributed by atoms with Gasteiger partial charge in [-0.2, -0.15) is 16.8 Å². The number of nitrogens with zero attached hydrogens (tertiary/aromatic N) is 1. The van der Waals surface area contributed by atoms with Gasteiger partial charge in [0.15, 0.2) is 8.32 Å². The van der Waals surface area contributed by atoms with E-state index < -0.39 is 28.6 Å². The van der Waals surface area contributed by atoms with E-state index in [2.05, 4.69) is 13.1 Å². The van der Waals surface area contributed by atoms with Gasteiger partial charge in [0.2, 0.25) is 0 Å². The Hall–Kier alpha value is -0.236. The zero-order valence-corrected chi connectivity index (χ0v) is 27.1. The highest BCUT2D eigenvalue weighted by Gasteiger charge is 2.29. The predicted octanol–water partition coefficient (Wildman–Crippen LogP) is 1.04. The monoisotopic (exact) mass is 594 g/mol. The highest BCUT2D eigenvalue weighted by molar-refractivity contribution is 7.86. The Morgan fingerprint density at radius 1 is 0.778 bits per heavy atom. The molecule has 0 fully saturated rings. The first-order chi connectivity index (χ1) is 16.6. The average molecular weight is 595 g/mol. The largest absolute Gasteiger partial charge is 0.463 e. The van der Waals surface area contributed by atoms with E-state index >= 15 is 0 Å². The van der Waals surface area contributed by atoms with Crippen LogP contribution in [0.4, 0.5) is 0 Å². The minimum Gasteiger partial charge on any atom is -0.463 e. The summed E-state index contributed by atoms with van der Waals surface area (Å²) in [6.07, 6.45) is 3.13. The van der Waals surface area contributed by atoms with Crippen molar-refractivity contribution in [2.45, 2.75) is 64.6 Å². The smallest absolute Gasteiger partial charge is 0.264 e. The molecule has 0 aromatic heterocycles. The molecule has 0 aliphatic carbocycles. The van der Waals surface area contributed by atoms with Crippen LogP contribution >= 0.6 is 0 Å². The summed E-state index contributed by atoms with van der Waals surface area (Å²) in [6, 6.07) is 0.984. The Morgan fingerprint density at radius 3 is 1.69 bits per heavy atom. The third kappa shape index (κ3) is 21.8. The van der Waals surface area contributed by atoms with E-state index in [1.165, 1.54) is 6.92 Å². The highest BCUT2D eigenvalue weighted by atomic mass is 32.2. The summed E-state index contributed by atoms with van der Waals surface area (Å²) in [6.45, 7) is 10.3. The fraction of sp³-hybridized carbons (Fsp3) is 0.952. The molecule has 0 aromatic rings. The molecule has 0 aromatic carbocycles. The summed E-state index contributed by atoms with van der Waals surface area (Å²) in [5, 5.41) is 0. The number of Topliss-reactive ketones (excluding diaryl/α,β-unsaturated/α-hetero) is 1. The topological polar surface area (TPSA) is 153 Å². The number of ether oxygens (including phenoxy) is 2. The zero-order chi connectivity index (χ0) is 27.7. The molecule has 15 heteroatoms. The van der Waals surface area contributed by atoms with Crippen molar-refractivity contribution in [2.24, 2.45) is 0 Å². The van der Waals surface area contributed by atoms with E-state index in [1.807, 2.05) is 0 Å². The molecule has 0 radical (unpaired) electrons. The van der Waals surface area contributed by atoms with E-state index in [0.29, 0.717) is 93.1 Å². The number of hydrogen-bond donors (Lipinski definition) is 2. The lowest BCUT2D eigenvalue weighted by Gasteiger charge is -2.40. The molecule has 11 nitrogen and oxygen atoms in total. The maximum atomic E-state index is 11.1. The predicted molar refractivity (Wildman–Crippen MR) is 146 cm³/mol. The summed E-state index contributed by atoms with van der Waals surface area (Å²) in [5.74, 6) is -0.515. The lowest BCUT2D eigenvalue weighted by Crippen LogP contribution is -2.52. The van der Waals surface area contributed by atoms with Gasteiger partial charge in [-0.25, -0.2) is 0 Å². The molecular weight excluding hydrogens is 547 g/mol. The number of unbranched alkanes of at least 4 members (excludes halogenated alkanes) is 2. The molecule has 0 bridgehead atoms. The van der Waals surface area contributed by atoms with Crippen molar-refractivity contribution >= 4 is 44.8 Å². The summed E-state index contributed by atoms with van der Waals surface area (Å²) in [5.41, 5.74) is 0. The molecule has 0 rings (SSSR count). The Labute approximate surface area is 222 Å². The van der Waals surface area contributed by atoms with Crippen molar-refractivity contribution in [2.75, 3.05) is 64.1 Å². The van der Waals surface area contributed by atoms with Gasteiger partial charge in [-0.3, -0.25) is 13.9 Å². The van der Waals surface area contributed by atoms with Crippen molar-refractivity contribution in [1.29, 1.82) is 0 Å². The van der Waals surface area contributed by atoms with Gasteiger partial charge >= 0.3 is 0 Å². The third-order valence-corrected chi connectivity index (χ3v) is 13.8. The lowest BCUT2D eigenvalue weighted by molar-refractivity contribution is -0.929. The van der Waals surface area contributed by atoms with Gasteiger partial charge in [-0.15, -0.1) is 0 Å². The maximum Gasteiger partial charge on any atom is 0.264 e. The second-order valence-corrected chi connectivity index (χ2v) is 18.8. The van der Waals surface area contributed by atoms with Crippen molar-refractivity contribution in [3.63, 3.8) is 0 Å². The van der Waals surface area contributed by atoms with Gasteiger partial charge in [0, 0.05) is 6.42 Å². The van der Waals surface area contributed by atoms with Crippen LogP contribution in [0.25, 0.3) is 0 Å². The first kappa shape index (κ1) is 35.8. The molecule has 0 unspecified atom stereocenters. The number of hydrogen-bond acceptors (Lipinski definition) is 8. The van der Waals surface area contributed by atoms with Crippen LogP contribution in [-0.2, 0) is 38.6 Å².